The Hall–Kier alpha value is -2.28. The number of hydrogen-bond acceptors (Lipinski definition) is 6. The summed E-state index contributed by atoms with van der Waals surface area (Å²) in [6, 6.07) is 5.57. The molecule has 1 aliphatic rings. The molecule has 0 radical (unpaired) electrons. The second kappa shape index (κ2) is 7.74. The van der Waals surface area contributed by atoms with Gasteiger partial charge >= 0.3 is 0 Å². The summed E-state index contributed by atoms with van der Waals surface area (Å²) in [4.78, 5) is 22.8. The number of amides is 1. The summed E-state index contributed by atoms with van der Waals surface area (Å²) in [7, 11) is 0. The number of aliphatic hydroxyl groups excluding tert-OH is 1. The Bertz CT molecular complexity index is 693. The number of piperidine rings is 1. The van der Waals surface area contributed by atoms with E-state index in [1.165, 1.54) is 0 Å². The predicted octanol–water partition coefficient (Wildman–Crippen LogP) is 2.24. The van der Waals surface area contributed by atoms with E-state index in [4.69, 9.17) is 4.52 Å². The largest absolute Gasteiger partial charge is 0.392 e. The van der Waals surface area contributed by atoms with E-state index in [1.54, 1.807) is 6.20 Å². The van der Waals surface area contributed by atoms with Gasteiger partial charge in [-0.05, 0) is 30.9 Å². The average molecular weight is 344 g/mol. The first-order chi connectivity index (χ1) is 12.0. The number of hydrogen-bond donors (Lipinski definition) is 1. The Kier molecular flexibility index (Phi) is 5.43. The Balaban J connectivity index is 1.56. The van der Waals surface area contributed by atoms with Crippen molar-refractivity contribution in [1.29, 1.82) is 0 Å². The van der Waals surface area contributed by atoms with Gasteiger partial charge in [-0.1, -0.05) is 25.1 Å². The molecule has 2 aromatic rings. The Morgan fingerprint density at radius 2 is 2.12 bits per heavy atom. The number of rotatable bonds is 5. The molecule has 0 bridgehead atoms. The van der Waals surface area contributed by atoms with Gasteiger partial charge in [0, 0.05) is 25.2 Å². The van der Waals surface area contributed by atoms with E-state index in [0.29, 0.717) is 30.5 Å². The molecular weight excluding hydrogens is 320 g/mol. The van der Waals surface area contributed by atoms with Crippen LogP contribution in [0.3, 0.4) is 0 Å². The van der Waals surface area contributed by atoms with Crippen molar-refractivity contribution < 1.29 is 14.4 Å². The molecule has 1 amide bonds. The van der Waals surface area contributed by atoms with Crippen molar-refractivity contribution in [3.05, 3.63) is 30.3 Å². The van der Waals surface area contributed by atoms with E-state index in [1.807, 2.05) is 36.9 Å². The number of aromatic nitrogens is 3. The van der Waals surface area contributed by atoms with Gasteiger partial charge in [-0.3, -0.25) is 9.78 Å². The predicted molar refractivity (Wildman–Crippen MR) is 91.5 cm³/mol. The average Bonchev–Trinajstić information content (AvgIpc) is 3.12. The summed E-state index contributed by atoms with van der Waals surface area (Å²) in [6.45, 7) is 5.13. The lowest BCUT2D eigenvalue weighted by Gasteiger charge is -2.31. The molecule has 0 saturated carbocycles. The molecule has 7 nitrogen and oxygen atoms in total. The van der Waals surface area contributed by atoms with Crippen molar-refractivity contribution in [3.63, 3.8) is 0 Å². The fourth-order valence-electron chi connectivity index (χ4n) is 2.92. The minimum atomic E-state index is -0.581. The summed E-state index contributed by atoms with van der Waals surface area (Å²) in [5.74, 6) is 1.36. The first kappa shape index (κ1) is 17.5. The van der Waals surface area contributed by atoms with Crippen LogP contribution >= 0.6 is 0 Å². The summed E-state index contributed by atoms with van der Waals surface area (Å²) < 4.78 is 5.41. The van der Waals surface area contributed by atoms with Crippen LogP contribution in [0.15, 0.2) is 28.9 Å². The second-order valence-electron chi connectivity index (χ2n) is 6.84. The first-order valence-electron chi connectivity index (χ1n) is 8.75. The number of aliphatic hydroxyl groups is 1. The van der Waals surface area contributed by atoms with Gasteiger partial charge in [0.25, 0.3) is 0 Å². The smallest absolute Gasteiger partial charge is 0.230 e. The number of pyridine rings is 1. The molecule has 1 fully saturated rings. The normalized spacial score (nSPS) is 17.0. The minimum Gasteiger partial charge on any atom is -0.392 e. The molecule has 7 heteroatoms. The van der Waals surface area contributed by atoms with E-state index in [2.05, 4.69) is 15.1 Å². The summed E-state index contributed by atoms with van der Waals surface area (Å²) >= 11 is 0. The number of likely N-dealkylation sites (tertiary alicyclic amines) is 1. The molecule has 1 aliphatic heterocycles. The highest BCUT2D eigenvalue weighted by Crippen LogP contribution is 2.28. The Morgan fingerprint density at radius 3 is 2.76 bits per heavy atom. The van der Waals surface area contributed by atoms with Gasteiger partial charge < -0.3 is 14.5 Å². The minimum absolute atomic E-state index is 0.0133. The lowest BCUT2D eigenvalue weighted by atomic mass is 9.96. The van der Waals surface area contributed by atoms with Crippen LogP contribution in [0.4, 0.5) is 0 Å². The molecule has 3 rings (SSSR count). The standard InChI is InChI=1S/C18H24N4O3/c1-12(2)15(23)11-16(24)22-9-6-13(7-10-22)18-20-17(21-25-18)14-5-3-4-8-19-14/h3-5,8,12-13,15,23H,6-7,9-11H2,1-2H3. The van der Waals surface area contributed by atoms with Crippen molar-refractivity contribution in [1.82, 2.24) is 20.0 Å². The zero-order valence-corrected chi connectivity index (χ0v) is 14.6. The zero-order valence-electron chi connectivity index (χ0n) is 14.6. The molecule has 1 saturated heterocycles. The van der Waals surface area contributed by atoms with Crippen LogP contribution in [0, 0.1) is 5.92 Å². The molecule has 1 unspecified atom stereocenters. The van der Waals surface area contributed by atoms with Crippen LogP contribution in [0.2, 0.25) is 0 Å². The molecule has 25 heavy (non-hydrogen) atoms. The zero-order chi connectivity index (χ0) is 17.8. The fraction of sp³-hybridized carbons (Fsp3) is 0.556. The first-order valence-corrected chi connectivity index (χ1v) is 8.75. The van der Waals surface area contributed by atoms with Gasteiger partial charge in [0.05, 0.1) is 12.5 Å². The molecule has 0 aromatic carbocycles. The molecule has 0 aliphatic carbocycles. The van der Waals surface area contributed by atoms with E-state index < -0.39 is 6.10 Å². The third-order valence-corrected chi connectivity index (χ3v) is 4.69. The maximum Gasteiger partial charge on any atom is 0.230 e. The SMILES string of the molecule is CC(C)C(O)CC(=O)N1CCC(c2nc(-c3ccccn3)no2)CC1. The second-order valence-corrected chi connectivity index (χ2v) is 6.84. The molecule has 3 heterocycles. The molecule has 134 valence electrons. The Labute approximate surface area is 147 Å². The van der Waals surface area contributed by atoms with Gasteiger partial charge in [-0.25, -0.2) is 0 Å². The lowest BCUT2D eigenvalue weighted by Crippen LogP contribution is -2.40. The highest BCUT2D eigenvalue weighted by molar-refractivity contribution is 5.76. The van der Waals surface area contributed by atoms with Crippen molar-refractivity contribution in [3.8, 4) is 11.5 Å². The summed E-state index contributed by atoms with van der Waals surface area (Å²) in [5.41, 5.74) is 0.688. The summed E-state index contributed by atoms with van der Waals surface area (Å²) in [6.07, 6.45) is 2.87. The van der Waals surface area contributed by atoms with Gasteiger partial charge in [0.15, 0.2) is 0 Å². The van der Waals surface area contributed by atoms with E-state index in [0.717, 1.165) is 12.8 Å². The van der Waals surface area contributed by atoms with E-state index in [9.17, 15) is 9.90 Å². The van der Waals surface area contributed by atoms with Crippen LogP contribution in [-0.4, -0.2) is 50.2 Å². The van der Waals surface area contributed by atoms with Crippen molar-refractivity contribution in [2.45, 2.75) is 45.1 Å². The number of carbonyl (C=O) groups is 1. The van der Waals surface area contributed by atoms with Crippen LogP contribution in [0.25, 0.3) is 11.5 Å². The highest BCUT2D eigenvalue weighted by atomic mass is 16.5. The van der Waals surface area contributed by atoms with Crippen LogP contribution < -0.4 is 0 Å². The number of nitrogens with zero attached hydrogens (tertiary/aromatic N) is 4. The third-order valence-electron chi connectivity index (χ3n) is 4.69. The highest BCUT2D eigenvalue weighted by Gasteiger charge is 2.28. The molecular formula is C18H24N4O3. The molecule has 0 spiro atoms. The van der Waals surface area contributed by atoms with Crippen molar-refractivity contribution in [2.24, 2.45) is 5.92 Å². The van der Waals surface area contributed by atoms with Gasteiger partial charge in [-0.15, -0.1) is 0 Å². The van der Waals surface area contributed by atoms with Crippen LogP contribution in [0.1, 0.15) is 44.9 Å². The van der Waals surface area contributed by atoms with Gasteiger partial charge in [-0.2, -0.15) is 4.98 Å². The fourth-order valence-corrected chi connectivity index (χ4v) is 2.92. The van der Waals surface area contributed by atoms with E-state index in [-0.39, 0.29) is 24.2 Å². The molecule has 2 aromatic heterocycles. The molecule has 1 N–H and O–H groups in total. The molecule has 1 atom stereocenters. The van der Waals surface area contributed by atoms with E-state index >= 15 is 0 Å². The van der Waals surface area contributed by atoms with Crippen molar-refractivity contribution >= 4 is 5.91 Å². The van der Waals surface area contributed by atoms with Crippen LogP contribution in [0.5, 0.6) is 0 Å². The maximum absolute atomic E-state index is 12.3. The van der Waals surface area contributed by atoms with Gasteiger partial charge in [0.1, 0.15) is 5.69 Å². The topological polar surface area (TPSA) is 92.3 Å². The lowest BCUT2D eigenvalue weighted by molar-refractivity contribution is -0.135. The quantitative estimate of drug-likeness (QED) is 0.894. The number of carbonyl (C=O) groups excluding carboxylic acids is 1. The summed E-state index contributed by atoms with van der Waals surface area (Å²) in [5, 5.41) is 13.9. The Morgan fingerprint density at radius 1 is 1.36 bits per heavy atom. The maximum atomic E-state index is 12.3. The van der Waals surface area contributed by atoms with Crippen LogP contribution in [-0.2, 0) is 4.79 Å². The van der Waals surface area contributed by atoms with Gasteiger partial charge in [0.2, 0.25) is 17.6 Å². The third kappa shape index (κ3) is 4.22. The van der Waals surface area contributed by atoms with Crippen molar-refractivity contribution in [2.75, 3.05) is 13.1 Å². The monoisotopic (exact) mass is 344 g/mol.